The highest BCUT2D eigenvalue weighted by Gasteiger charge is 1.61. The van der Waals surface area contributed by atoms with Gasteiger partial charge in [0.15, 0.2) is 0 Å². The molecule has 0 heterocycles. The Balaban J connectivity index is 0. The van der Waals surface area contributed by atoms with E-state index in [-0.39, 0.29) is 0 Å². The van der Waals surface area contributed by atoms with E-state index in [1.165, 1.54) is 6.42 Å². The number of hydrogen-bond acceptors (Lipinski definition) is 1. The Bertz CT molecular complexity index is 25.4. The third-order valence-electron chi connectivity index (χ3n) is 0.493. The minimum atomic E-state index is 1.00. The van der Waals surface area contributed by atoms with Gasteiger partial charge in [0.05, 0.1) is 0 Å². The second-order valence-corrected chi connectivity index (χ2v) is 1.08. The Morgan fingerprint density at radius 1 is 1.57 bits per heavy atom. The predicted octanol–water partition coefficient (Wildman–Crippen LogP) is 1.58. The minimum Gasteiger partial charge on any atom is -0.400 e. The first-order chi connectivity index (χ1) is 3.41. The van der Waals surface area contributed by atoms with Crippen molar-refractivity contribution in [1.82, 2.24) is 0 Å². The summed E-state index contributed by atoms with van der Waals surface area (Å²) in [5.41, 5.74) is 0. The van der Waals surface area contributed by atoms with E-state index in [0.717, 1.165) is 13.5 Å². The van der Waals surface area contributed by atoms with E-state index in [0.29, 0.717) is 0 Å². The van der Waals surface area contributed by atoms with Crippen LogP contribution in [-0.2, 0) is 0 Å². The van der Waals surface area contributed by atoms with Crippen LogP contribution in [0.25, 0.3) is 0 Å². The molecule has 1 heteroatoms. The van der Waals surface area contributed by atoms with Crippen molar-refractivity contribution in [3.8, 4) is 0 Å². The van der Waals surface area contributed by atoms with Crippen molar-refractivity contribution in [2.75, 3.05) is 7.11 Å². The average molecular weight is 102 g/mol. The molecule has 0 bridgehead atoms. The highest BCUT2D eigenvalue weighted by molar-refractivity contribution is 4.63. The van der Waals surface area contributed by atoms with Crippen LogP contribution in [-0.4, -0.2) is 12.2 Å². The lowest BCUT2D eigenvalue weighted by atomic mass is 10.3. The van der Waals surface area contributed by atoms with Gasteiger partial charge in [0.2, 0.25) is 0 Å². The Hall–Kier alpha value is -0.300. The fraction of sp³-hybridized carbons (Fsp3) is 0.667. The van der Waals surface area contributed by atoms with Crippen molar-refractivity contribution in [2.24, 2.45) is 0 Å². The fourth-order valence-corrected chi connectivity index (χ4v) is 0.204. The van der Waals surface area contributed by atoms with Crippen LogP contribution in [0.15, 0.2) is 12.7 Å². The summed E-state index contributed by atoms with van der Waals surface area (Å²) < 4.78 is 0. The zero-order valence-corrected chi connectivity index (χ0v) is 5.15. The molecule has 0 aliphatic rings. The Labute approximate surface area is 45.7 Å². The van der Waals surface area contributed by atoms with Crippen LogP contribution in [0.1, 0.15) is 19.8 Å². The van der Waals surface area contributed by atoms with Gasteiger partial charge in [-0.15, -0.1) is 6.58 Å². The van der Waals surface area contributed by atoms with Gasteiger partial charge in [-0.2, -0.15) is 0 Å². The van der Waals surface area contributed by atoms with Crippen LogP contribution in [0.4, 0.5) is 0 Å². The predicted molar refractivity (Wildman–Crippen MR) is 33.2 cm³/mol. The molecule has 0 rings (SSSR count). The third kappa shape index (κ3) is 27.0. The average Bonchev–Trinajstić information content (AvgIpc) is 1.75. The lowest BCUT2D eigenvalue weighted by molar-refractivity contribution is 0.399. The largest absolute Gasteiger partial charge is 0.400 e. The van der Waals surface area contributed by atoms with Gasteiger partial charge in [0.1, 0.15) is 0 Å². The van der Waals surface area contributed by atoms with E-state index in [9.17, 15) is 0 Å². The molecule has 7 heavy (non-hydrogen) atoms. The molecule has 1 nitrogen and oxygen atoms in total. The molecule has 0 aliphatic heterocycles. The number of unbranched alkanes of at least 4 members (excludes halogenated alkanes) is 1. The summed E-state index contributed by atoms with van der Waals surface area (Å²) in [6.45, 7) is 5.69. The maximum absolute atomic E-state index is 7.00. The molecule has 0 aromatic rings. The second kappa shape index (κ2) is 17.3. The fourth-order valence-electron chi connectivity index (χ4n) is 0.204. The first-order valence-electron chi connectivity index (χ1n) is 2.47. The van der Waals surface area contributed by atoms with Crippen LogP contribution in [0, 0.1) is 0 Å². The number of allylic oxidation sites excluding steroid dienone is 1. The topological polar surface area (TPSA) is 20.2 Å². The molecule has 44 valence electrons. The van der Waals surface area contributed by atoms with Gasteiger partial charge in [-0.25, -0.2) is 0 Å². The van der Waals surface area contributed by atoms with Crippen LogP contribution < -0.4 is 0 Å². The molecule has 0 fully saturated rings. The number of aliphatic hydroxyl groups is 1. The quantitative estimate of drug-likeness (QED) is 0.525. The highest BCUT2D eigenvalue weighted by Crippen LogP contribution is 1.82. The summed E-state index contributed by atoms with van der Waals surface area (Å²) in [5, 5.41) is 7.00. The Morgan fingerprint density at radius 3 is 2.00 bits per heavy atom. The van der Waals surface area contributed by atoms with E-state index in [1.54, 1.807) is 0 Å². The monoisotopic (exact) mass is 102 g/mol. The summed E-state index contributed by atoms with van der Waals surface area (Å²) in [7, 11) is 1.00. The van der Waals surface area contributed by atoms with Gasteiger partial charge in [-0.1, -0.05) is 19.4 Å². The molecule has 0 unspecified atom stereocenters. The smallest absolute Gasteiger partial charge is 0.0319 e. The van der Waals surface area contributed by atoms with Gasteiger partial charge in [0, 0.05) is 7.11 Å². The number of hydrogen-bond donors (Lipinski definition) is 1. The van der Waals surface area contributed by atoms with Crippen molar-refractivity contribution in [3.05, 3.63) is 12.7 Å². The normalized spacial score (nSPS) is 6.14. The molecule has 1 N–H and O–H groups in total. The van der Waals surface area contributed by atoms with Crippen molar-refractivity contribution < 1.29 is 5.11 Å². The van der Waals surface area contributed by atoms with Crippen LogP contribution in [0.2, 0.25) is 0 Å². The number of aliphatic hydroxyl groups excluding tert-OH is 1. The van der Waals surface area contributed by atoms with Gasteiger partial charge < -0.3 is 5.11 Å². The lowest BCUT2D eigenvalue weighted by Crippen LogP contribution is -1.52. The molecule has 0 saturated carbocycles. The van der Waals surface area contributed by atoms with Crippen LogP contribution in [0.3, 0.4) is 0 Å². The molecule has 0 aromatic heterocycles. The molecule has 0 radical (unpaired) electrons. The summed E-state index contributed by atoms with van der Waals surface area (Å²) in [6, 6.07) is 0. The zero-order chi connectivity index (χ0) is 6.12. The van der Waals surface area contributed by atoms with Crippen LogP contribution in [0.5, 0.6) is 0 Å². The van der Waals surface area contributed by atoms with Crippen molar-refractivity contribution in [2.45, 2.75) is 19.8 Å². The summed E-state index contributed by atoms with van der Waals surface area (Å²) in [4.78, 5) is 0. The molecule has 0 aliphatic carbocycles. The molecule has 0 aromatic carbocycles. The molecule has 0 spiro atoms. The Morgan fingerprint density at radius 2 is 2.00 bits per heavy atom. The van der Waals surface area contributed by atoms with E-state index in [1.807, 2.05) is 6.08 Å². The zero-order valence-electron chi connectivity index (χ0n) is 5.15. The summed E-state index contributed by atoms with van der Waals surface area (Å²) in [5.74, 6) is 0. The Kier molecular flexibility index (Phi) is 24.3. The molecule has 0 atom stereocenters. The summed E-state index contributed by atoms with van der Waals surface area (Å²) >= 11 is 0. The molecule has 0 amide bonds. The van der Waals surface area contributed by atoms with Crippen molar-refractivity contribution >= 4 is 0 Å². The van der Waals surface area contributed by atoms with E-state index in [4.69, 9.17) is 5.11 Å². The van der Waals surface area contributed by atoms with Crippen molar-refractivity contribution in [1.29, 1.82) is 0 Å². The highest BCUT2D eigenvalue weighted by atomic mass is 16.2. The second-order valence-electron chi connectivity index (χ2n) is 1.08. The van der Waals surface area contributed by atoms with E-state index >= 15 is 0 Å². The summed E-state index contributed by atoms with van der Waals surface area (Å²) in [6.07, 6.45) is 4.31. The maximum Gasteiger partial charge on any atom is 0.0319 e. The minimum absolute atomic E-state index is 1.00. The SMILES string of the molecule is C=CCCC.CO. The number of rotatable bonds is 2. The maximum atomic E-state index is 7.00. The first-order valence-corrected chi connectivity index (χ1v) is 2.47. The third-order valence-corrected chi connectivity index (χ3v) is 0.493. The lowest BCUT2D eigenvalue weighted by Gasteiger charge is -1.72. The van der Waals surface area contributed by atoms with Gasteiger partial charge in [-0.05, 0) is 6.42 Å². The van der Waals surface area contributed by atoms with Gasteiger partial charge in [0.25, 0.3) is 0 Å². The van der Waals surface area contributed by atoms with Gasteiger partial charge >= 0.3 is 0 Å². The van der Waals surface area contributed by atoms with E-state index < -0.39 is 0 Å². The molecular weight excluding hydrogens is 88.1 g/mol. The molecular formula is C6H14O. The van der Waals surface area contributed by atoms with Crippen molar-refractivity contribution in [3.63, 3.8) is 0 Å². The van der Waals surface area contributed by atoms with Crippen LogP contribution >= 0.6 is 0 Å². The first kappa shape index (κ1) is 9.85. The van der Waals surface area contributed by atoms with Gasteiger partial charge in [-0.3, -0.25) is 0 Å². The van der Waals surface area contributed by atoms with E-state index in [2.05, 4.69) is 13.5 Å². The molecule has 0 saturated heterocycles. The standard InChI is InChI=1S/C5H10.CH4O/c1-3-5-4-2;1-2/h3H,1,4-5H2,2H3;2H,1H3.